The van der Waals surface area contributed by atoms with Crippen molar-refractivity contribution in [2.45, 2.75) is 115 Å². The number of hydrogen-bond acceptors (Lipinski definition) is 17. The van der Waals surface area contributed by atoms with Crippen LogP contribution in [0.15, 0.2) is 86.9 Å². The summed E-state index contributed by atoms with van der Waals surface area (Å²) in [5, 5.41) is 33.8. The second kappa shape index (κ2) is 26.5. The smallest absolute Gasteiger partial charge is 0.336 e. The maximum atomic E-state index is 13.2. The number of anilines is 1. The number of aromatic carboxylic acids is 1. The van der Waals surface area contributed by atoms with Crippen molar-refractivity contribution in [1.82, 2.24) is 9.88 Å². The molecule has 0 radical (unpaired) electrons. The highest BCUT2D eigenvalue weighted by Gasteiger charge is 2.36. The molecule has 71 heavy (non-hydrogen) atoms. The van der Waals surface area contributed by atoms with Crippen molar-refractivity contribution in [1.29, 1.82) is 0 Å². The van der Waals surface area contributed by atoms with Gasteiger partial charge < -0.3 is 63.4 Å². The van der Waals surface area contributed by atoms with E-state index in [2.05, 4.69) is 5.32 Å². The van der Waals surface area contributed by atoms with Crippen LogP contribution in [0.1, 0.15) is 123 Å². The van der Waals surface area contributed by atoms with E-state index in [-0.39, 0.29) is 65.5 Å². The molecule has 6 rings (SSSR count). The van der Waals surface area contributed by atoms with Gasteiger partial charge in [-0.25, -0.2) is 4.79 Å². The van der Waals surface area contributed by atoms with Crippen LogP contribution in [0.3, 0.4) is 0 Å². The van der Waals surface area contributed by atoms with Crippen molar-refractivity contribution in [2.24, 2.45) is 0 Å². The van der Waals surface area contributed by atoms with E-state index >= 15 is 0 Å². The second-order valence-electron chi connectivity index (χ2n) is 17.4. The first-order chi connectivity index (χ1) is 34.0. The third kappa shape index (κ3) is 16.7. The van der Waals surface area contributed by atoms with Gasteiger partial charge >= 0.3 is 5.97 Å². The maximum Gasteiger partial charge on any atom is 0.336 e. The van der Waals surface area contributed by atoms with E-state index in [0.29, 0.717) is 67.3 Å². The minimum absolute atomic E-state index is 0.0280. The van der Waals surface area contributed by atoms with Gasteiger partial charge in [-0.2, -0.15) is 0 Å². The Morgan fingerprint density at radius 3 is 1.97 bits per heavy atom. The van der Waals surface area contributed by atoms with Gasteiger partial charge in [0.1, 0.15) is 29.4 Å². The molecule has 1 saturated heterocycles. The lowest BCUT2D eigenvalue weighted by molar-refractivity contribution is -0.229. The Morgan fingerprint density at radius 1 is 0.746 bits per heavy atom. The number of aromatic nitrogens is 1. The Balaban J connectivity index is 0.760. The van der Waals surface area contributed by atoms with Gasteiger partial charge in [0.15, 0.2) is 5.43 Å². The predicted octanol–water partition coefficient (Wildman–Crippen LogP) is 7.26. The molecule has 386 valence electrons. The van der Waals surface area contributed by atoms with E-state index in [9.17, 15) is 53.4 Å². The first-order valence-electron chi connectivity index (χ1n) is 23.9. The van der Waals surface area contributed by atoms with Crippen LogP contribution in [-0.4, -0.2) is 76.9 Å². The molecule has 0 saturated carbocycles. The predicted molar refractivity (Wildman–Crippen MR) is 259 cm³/mol. The number of rotatable bonds is 30. The number of benzene rings is 3. The average molecular weight is 1030 g/mol. The first kappa shape index (κ1) is 55.1. The van der Waals surface area contributed by atoms with E-state index < -0.39 is 58.1 Å². The third-order valence-corrected chi connectivity index (χ3v) is 13.9. The van der Waals surface area contributed by atoms with Crippen molar-refractivity contribution in [3.05, 3.63) is 105 Å². The quantitative estimate of drug-likeness (QED) is 0.0172. The largest absolute Gasteiger partial charge is 0.756 e. The maximum absolute atomic E-state index is 13.2. The number of pyridine rings is 1. The standard InChI is InChI=1S/C49H63N3O17P2/c50-34-21-23-52(45(56)28-34)46-31-41(55)44(69-46)32-67-71(62,63)66-26-13-9-6-4-2-1-3-5-8-12-24-64-70(60,61)65-25-14-10-7-11-22-51-48(57)33-15-18-37(49(58)59)40(27-33)47-38-19-16-35(53)29-42(38)68-43-30-36(54)17-20-39(43)47/h15-21,23,27-30,41,44,46,53,55H,1-14,22,24-26,31-32,50H2,(H,51,57)(H,58,59)(H,60,61)(H,62,63)/p-2/t41?,44-,46-/m1/s1. The summed E-state index contributed by atoms with van der Waals surface area (Å²) in [5.74, 6) is -1.54. The fourth-order valence-corrected chi connectivity index (χ4v) is 9.81. The molecule has 1 fully saturated rings. The molecule has 3 heterocycles. The summed E-state index contributed by atoms with van der Waals surface area (Å²) in [6.45, 7) is -0.149. The number of aliphatic hydroxyl groups is 1. The average Bonchev–Trinajstić information content (AvgIpc) is 3.69. The van der Waals surface area contributed by atoms with Crippen molar-refractivity contribution < 1.29 is 71.1 Å². The summed E-state index contributed by atoms with van der Waals surface area (Å²) in [6.07, 6.45) is 9.69. The molecule has 1 aliphatic carbocycles. The number of unbranched alkanes of at least 4 members (excludes halogenated alkanes) is 12. The van der Waals surface area contributed by atoms with Crippen molar-refractivity contribution >= 4 is 44.2 Å². The SMILES string of the molecule is Nc1ccn([C@H]2CC(O)[C@@H](COP(=O)([O-])OCCCCCCCCCCCCOP(=O)([O-])OCCCCCCNC(=O)c3ccc(C(=O)O)c(-c4c5ccc(=O)cc-5oc5cc(O)ccc45)c3)O2)c(=O)c1. The Kier molecular flexibility index (Phi) is 20.5. The number of phenols is 1. The minimum atomic E-state index is -4.61. The molecule has 5 atom stereocenters. The molecule has 2 aliphatic heterocycles. The highest BCUT2D eigenvalue weighted by atomic mass is 31.2. The molecule has 1 aromatic heterocycles. The van der Waals surface area contributed by atoms with Crippen molar-refractivity contribution in [3.8, 4) is 28.2 Å². The summed E-state index contributed by atoms with van der Waals surface area (Å²) < 4.78 is 57.2. The number of carboxylic acids is 1. The molecule has 3 aromatic rings. The zero-order valence-electron chi connectivity index (χ0n) is 39.3. The van der Waals surface area contributed by atoms with E-state index in [1.807, 2.05) is 0 Å². The highest BCUT2D eigenvalue weighted by molar-refractivity contribution is 7.46. The number of carbonyl (C=O) groups is 2. The van der Waals surface area contributed by atoms with Crippen LogP contribution in [0.25, 0.3) is 33.4 Å². The van der Waals surface area contributed by atoms with Gasteiger partial charge in [-0.15, -0.1) is 0 Å². The number of nitrogen functional groups attached to an aromatic ring is 1. The van der Waals surface area contributed by atoms with Gasteiger partial charge in [0.2, 0.25) is 0 Å². The molecule has 0 bridgehead atoms. The molecule has 20 nitrogen and oxygen atoms in total. The van der Waals surface area contributed by atoms with E-state index in [1.54, 1.807) is 6.07 Å². The molecular formula is C49H61N3O17P2-2. The molecule has 6 N–H and O–H groups in total. The summed E-state index contributed by atoms with van der Waals surface area (Å²) >= 11 is 0. The molecule has 22 heteroatoms. The number of carbonyl (C=O) groups excluding carboxylic acids is 1. The molecule has 0 spiro atoms. The third-order valence-electron chi connectivity index (χ3n) is 12.0. The van der Waals surface area contributed by atoms with Gasteiger partial charge in [-0.05, 0) is 79.8 Å². The summed E-state index contributed by atoms with van der Waals surface area (Å²) in [6, 6.07) is 15.5. The number of phosphoric ester groups is 2. The van der Waals surface area contributed by atoms with E-state index in [4.69, 9.17) is 33.0 Å². The molecule has 3 aliphatic rings. The number of nitrogens with zero attached hydrogens (tertiary/aromatic N) is 1. The van der Waals surface area contributed by atoms with Crippen LogP contribution in [0.4, 0.5) is 5.69 Å². The van der Waals surface area contributed by atoms with Gasteiger partial charge in [0.05, 0.1) is 38.1 Å². The number of aliphatic hydroxyl groups excluding tert-OH is 1. The van der Waals surface area contributed by atoms with Crippen molar-refractivity contribution in [2.75, 3.05) is 38.7 Å². The van der Waals surface area contributed by atoms with Crippen LogP contribution in [0.5, 0.6) is 5.75 Å². The molecule has 2 aromatic carbocycles. The van der Waals surface area contributed by atoms with Crippen LogP contribution in [0, 0.1) is 0 Å². The normalized spacial score (nSPS) is 17.6. The van der Waals surface area contributed by atoms with Crippen LogP contribution in [-0.2, 0) is 32.0 Å². The zero-order chi connectivity index (χ0) is 51.0. The van der Waals surface area contributed by atoms with Gasteiger partial charge in [-0.1, -0.05) is 64.2 Å². The molecule has 3 unspecified atom stereocenters. The topological polar surface area (TPSA) is 312 Å². The van der Waals surface area contributed by atoms with Crippen molar-refractivity contribution in [3.63, 3.8) is 0 Å². The number of fused-ring (bicyclic) bond motifs is 2. The van der Waals surface area contributed by atoms with Gasteiger partial charge in [-0.3, -0.25) is 28.1 Å². The Labute approximate surface area is 410 Å². The summed E-state index contributed by atoms with van der Waals surface area (Å²) in [4.78, 5) is 74.3. The minimum Gasteiger partial charge on any atom is -0.756 e. The lowest BCUT2D eigenvalue weighted by Gasteiger charge is -2.25. The van der Waals surface area contributed by atoms with Gasteiger partial charge in [0.25, 0.3) is 27.1 Å². The molecular weight excluding hydrogens is 964 g/mol. The van der Waals surface area contributed by atoms with Crippen LogP contribution >= 0.6 is 15.6 Å². The first-order valence-corrected chi connectivity index (χ1v) is 26.8. The summed E-state index contributed by atoms with van der Waals surface area (Å²) in [7, 11) is -9.05. The lowest BCUT2D eigenvalue weighted by atomic mass is 9.89. The number of phenolic OH excluding ortho intramolecular Hbond substituents is 1. The van der Waals surface area contributed by atoms with E-state index in [1.165, 1.54) is 71.4 Å². The second-order valence-corrected chi connectivity index (χ2v) is 20.2. The Bertz CT molecular complexity index is 2760. The molecule has 1 amide bonds. The lowest BCUT2D eigenvalue weighted by Crippen LogP contribution is -2.28. The van der Waals surface area contributed by atoms with Gasteiger partial charge in [0, 0.05) is 65.1 Å². The van der Waals surface area contributed by atoms with E-state index in [0.717, 1.165) is 51.4 Å². The zero-order valence-corrected chi connectivity index (χ0v) is 41.1. The number of aromatic hydroxyl groups is 1. The number of amides is 1. The number of ether oxygens (including phenoxy) is 1. The number of nitrogens with one attached hydrogen (secondary N) is 1. The number of carboxylic acid groups (broad SMARTS) is 1. The monoisotopic (exact) mass is 1030 g/mol. The van der Waals surface area contributed by atoms with Crippen LogP contribution in [0.2, 0.25) is 0 Å². The number of phosphoric acid groups is 2. The number of nitrogens with two attached hydrogens (primary N) is 1. The Morgan fingerprint density at radius 2 is 1.35 bits per heavy atom. The summed E-state index contributed by atoms with van der Waals surface area (Å²) in [5.41, 5.74) is 6.65. The van der Waals surface area contributed by atoms with Crippen LogP contribution < -0.4 is 31.8 Å². The Hall–Kier alpha value is -5.24. The fourth-order valence-electron chi connectivity index (χ4n) is 8.28. The highest BCUT2D eigenvalue weighted by Crippen LogP contribution is 2.43. The number of hydrogen-bond donors (Lipinski definition) is 5. The fraction of sp³-hybridized carbons (Fsp3) is 0.469.